The summed E-state index contributed by atoms with van der Waals surface area (Å²) < 4.78 is 0. The van der Waals surface area contributed by atoms with Gasteiger partial charge in [0.05, 0.1) is 11.1 Å². The van der Waals surface area contributed by atoms with Gasteiger partial charge in [-0.05, 0) is 23.6 Å². The predicted octanol–water partition coefficient (Wildman–Crippen LogP) is 2.62. The molecule has 2 amide bonds. The number of rotatable bonds is 4. The highest BCUT2D eigenvalue weighted by atomic mass is 32.1. The first kappa shape index (κ1) is 12.7. The average molecular weight is 285 g/mol. The topological polar surface area (TPSA) is 54.5 Å². The number of Topliss-reactive ketones (excluding diaryl/α,β-unsaturated/α-hetero) is 1. The minimum absolute atomic E-state index is 0.0530. The maximum absolute atomic E-state index is 12.1. The fourth-order valence-corrected chi connectivity index (χ4v) is 2.88. The Bertz CT molecular complexity index is 656. The van der Waals surface area contributed by atoms with Gasteiger partial charge >= 0.3 is 0 Å². The molecule has 0 fully saturated rings. The van der Waals surface area contributed by atoms with Gasteiger partial charge in [0, 0.05) is 23.9 Å². The summed E-state index contributed by atoms with van der Waals surface area (Å²) in [7, 11) is 0. The molecule has 100 valence electrons. The minimum atomic E-state index is -0.316. The lowest BCUT2D eigenvalue weighted by atomic mass is 10.1. The average Bonchev–Trinajstić information content (AvgIpc) is 3.07. The number of carbonyl (C=O) groups is 3. The second-order valence-corrected chi connectivity index (χ2v) is 5.27. The third-order valence-electron chi connectivity index (χ3n) is 3.28. The van der Waals surface area contributed by atoms with Gasteiger partial charge in [0.25, 0.3) is 11.8 Å². The van der Waals surface area contributed by atoms with Gasteiger partial charge in [-0.2, -0.15) is 11.3 Å². The zero-order valence-corrected chi connectivity index (χ0v) is 11.4. The molecule has 1 aliphatic heterocycles. The van der Waals surface area contributed by atoms with Crippen molar-refractivity contribution < 1.29 is 14.4 Å². The smallest absolute Gasteiger partial charge is 0.261 e. The molecule has 2 heterocycles. The fourth-order valence-electron chi connectivity index (χ4n) is 2.22. The van der Waals surface area contributed by atoms with Crippen molar-refractivity contribution in [2.24, 2.45) is 0 Å². The van der Waals surface area contributed by atoms with E-state index in [2.05, 4.69) is 0 Å². The lowest BCUT2D eigenvalue weighted by Crippen LogP contribution is -2.31. The van der Waals surface area contributed by atoms with Crippen molar-refractivity contribution in [1.29, 1.82) is 0 Å². The Morgan fingerprint density at radius 2 is 1.70 bits per heavy atom. The largest absolute Gasteiger partial charge is 0.294 e. The van der Waals surface area contributed by atoms with Gasteiger partial charge in [0.15, 0.2) is 5.78 Å². The molecule has 0 unspecified atom stereocenters. The van der Waals surface area contributed by atoms with E-state index in [1.54, 1.807) is 35.7 Å². The third kappa shape index (κ3) is 2.06. The highest BCUT2D eigenvalue weighted by molar-refractivity contribution is 7.08. The van der Waals surface area contributed by atoms with Crippen LogP contribution in [0.15, 0.2) is 41.1 Å². The van der Waals surface area contributed by atoms with Crippen LogP contribution >= 0.6 is 11.3 Å². The first-order chi connectivity index (χ1) is 9.68. The standard InChI is InChI=1S/C15H11NO3S/c17-13(10-6-8-20-9-10)5-7-16-14(18)11-3-1-2-4-12(11)15(16)19/h1-4,6,8-9H,5,7H2. The van der Waals surface area contributed by atoms with E-state index in [0.717, 1.165) is 4.90 Å². The van der Waals surface area contributed by atoms with Crippen molar-refractivity contribution in [1.82, 2.24) is 4.90 Å². The number of thiophene rings is 1. The summed E-state index contributed by atoms with van der Waals surface area (Å²) in [6, 6.07) is 8.47. The van der Waals surface area contributed by atoms with Gasteiger partial charge in [-0.3, -0.25) is 19.3 Å². The zero-order chi connectivity index (χ0) is 14.1. The molecule has 3 rings (SSSR count). The Kier molecular flexibility index (Phi) is 3.20. The first-order valence-electron chi connectivity index (χ1n) is 6.19. The Morgan fingerprint density at radius 3 is 2.25 bits per heavy atom. The molecule has 0 N–H and O–H groups in total. The molecule has 20 heavy (non-hydrogen) atoms. The quantitative estimate of drug-likeness (QED) is 0.641. The molecular formula is C15H11NO3S. The van der Waals surface area contributed by atoms with Crippen LogP contribution < -0.4 is 0 Å². The summed E-state index contributed by atoms with van der Waals surface area (Å²) in [4.78, 5) is 37.3. The van der Waals surface area contributed by atoms with E-state index in [9.17, 15) is 14.4 Å². The van der Waals surface area contributed by atoms with Gasteiger partial charge < -0.3 is 0 Å². The van der Waals surface area contributed by atoms with E-state index in [1.165, 1.54) is 11.3 Å². The Hall–Kier alpha value is -2.27. The number of hydrogen-bond donors (Lipinski definition) is 0. The number of carbonyl (C=O) groups excluding carboxylic acids is 3. The lowest BCUT2D eigenvalue weighted by molar-refractivity contribution is 0.0649. The van der Waals surface area contributed by atoms with Crippen molar-refractivity contribution in [3.63, 3.8) is 0 Å². The van der Waals surface area contributed by atoms with Gasteiger partial charge in [0.2, 0.25) is 0 Å². The molecule has 1 aromatic carbocycles. The van der Waals surface area contributed by atoms with Crippen LogP contribution in [0.3, 0.4) is 0 Å². The second kappa shape index (κ2) is 5.02. The first-order valence-corrected chi connectivity index (χ1v) is 7.13. The van der Waals surface area contributed by atoms with Crippen molar-refractivity contribution in [2.75, 3.05) is 6.54 Å². The molecular weight excluding hydrogens is 274 g/mol. The molecule has 0 aliphatic carbocycles. The SMILES string of the molecule is O=C(CCN1C(=O)c2ccccc2C1=O)c1ccsc1. The normalized spacial score (nSPS) is 13.7. The molecule has 5 heteroatoms. The van der Waals surface area contributed by atoms with Crippen LogP contribution in [0.1, 0.15) is 37.5 Å². The fraction of sp³-hybridized carbons (Fsp3) is 0.133. The van der Waals surface area contributed by atoms with Crippen LogP contribution in [0.2, 0.25) is 0 Å². The number of nitrogens with zero attached hydrogens (tertiary/aromatic N) is 1. The van der Waals surface area contributed by atoms with E-state index >= 15 is 0 Å². The lowest BCUT2D eigenvalue weighted by Gasteiger charge is -2.12. The predicted molar refractivity (Wildman–Crippen MR) is 75.1 cm³/mol. The van der Waals surface area contributed by atoms with Gasteiger partial charge in [-0.15, -0.1) is 0 Å². The molecule has 4 nitrogen and oxygen atoms in total. The summed E-state index contributed by atoms with van der Waals surface area (Å²) in [5, 5.41) is 3.60. The van der Waals surface area contributed by atoms with E-state index < -0.39 is 0 Å². The van der Waals surface area contributed by atoms with Crippen molar-refractivity contribution >= 4 is 28.9 Å². The number of benzene rings is 1. The van der Waals surface area contributed by atoms with Crippen molar-refractivity contribution in [3.05, 3.63) is 57.8 Å². The summed E-state index contributed by atoms with van der Waals surface area (Å²) in [6.07, 6.45) is 0.155. The van der Waals surface area contributed by atoms with Gasteiger partial charge in [-0.25, -0.2) is 0 Å². The molecule has 1 aromatic heterocycles. The highest BCUT2D eigenvalue weighted by Gasteiger charge is 2.34. The zero-order valence-electron chi connectivity index (χ0n) is 10.5. The molecule has 0 bridgehead atoms. The Labute approximate surface area is 119 Å². The van der Waals surface area contributed by atoms with E-state index in [0.29, 0.717) is 16.7 Å². The Morgan fingerprint density at radius 1 is 1.05 bits per heavy atom. The monoisotopic (exact) mass is 285 g/mol. The van der Waals surface area contributed by atoms with E-state index in [1.807, 2.05) is 5.38 Å². The van der Waals surface area contributed by atoms with Gasteiger partial charge in [0.1, 0.15) is 0 Å². The summed E-state index contributed by atoms with van der Waals surface area (Å²) in [5.74, 6) is -0.685. The number of amides is 2. The van der Waals surface area contributed by atoms with Crippen molar-refractivity contribution in [2.45, 2.75) is 6.42 Å². The third-order valence-corrected chi connectivity index (χ3v) is 3.97. The molecule has 0 saturated heterocycles. The van der Waals surface area contributed by atoms with Crippen molar-refractivity contribution in [3.8, 4) is 0 Å². The molecule has 0 saturated carbocycles. The number of imide groups is 1. The minimum Gasteiger partial charge on any atom is -0.294 e. The summed E-state index contributed by atoms with van der Waals surface area (Å²) >= 11 is 1.45. The Balaban J connectivity index is 1.73. The summed E-state index contributed by atoms with van der Waals surface area (Å²) in [6.45, 7) is 0.126. The molecule has 0 spiro atoms. The van der Waals surface area contributed by atoms with Crippen LogP contribution in [-0.4, -0.2) is 29.0 Å². The second-order valence-electron chi connectivity index (χ2n) is 4.49. The van der Waals surface area contributed by atoms with E-state index in [4.69, 9.17) is 0 Å². The number of ketones is 1. The van der Waals surface area contributed by atoms with Crippen LogP contribution in [0.4, 0.5) is 0 Å². The van der Waals surface area contributed by atoms with Crippen LogP contribution in [0.25, 0.3) is 0 Å². The molecule has 2 aromatic rings. The number of hydrogen-bond acceptors (Lipinski definition) is 4. The molecule has 1 aliphatic rings. The maximum Gasteiger partial charge on any atom is 0.261 e. The van der Waals surface area contributed by atoms with E-state index in [-0.39, 0.29) is 30.6 Å². The molecule has 0 radical (unpaired) electrons. The molecule has 0 atom stereocenters. The van der Waals surface area contributed by atoms with Crippen LogP contribution in [0, 0.1) is 0 Å². The maximum atomic E-state index is 12.1. The highest BCUT2D eigenvalue weighted by Crippen LogP contribution is 2.22. The number of fused-ring (bicyclic) bond motifs is 1. The summed E-state index contributed by atoms with van der Waals surface area (Å²) in [5.41, 5.74) is 1.47. The van der Waals surface area contributed by atoms with Gasteiger partial charge in [-0.1, -0.05) is 12.1 Å². The van der Waals surface area contributed by atoms with Crippen LogP contribution in [0.5, 0.6) is 0 Å². The van der Waals surface area contributed by atoms with Crippen LogP contribution in [-0.2, 0) is 0 Å².